The van der Waals surface area contributed by atoms with E-state index in [4.69, 9.17) is 4.42 Å². The van der Waals surface area contributed by atoms with Gasteiger partial charge in [0.1, 0.15) is 5.76 Å². The van der Waals surface area contributed by atoms with Gasteiger partial charge < -0.3 is 14.8 Å². The molecule has 4 nitrogen and oxygen atoms in total. The smallest absolute Gasteiger partial charge is 0.291 e. The van der Waals surface area contributed by atoms with Gasteiger partial charge in [-0.05, 0) is 92.0 Å². The lowest BCUT2D eigenvalue weighted by atomic mass is 9.86. The van der Waals surface area contributed by atoms with Crippen molar-refractivity contribution in [3.8, 4) is 0 Å². The van der Waals surface area contributed by atoms with E-state index in [1.165, 1.54) is 35.1 Å². The Balaban J connectivity index is 1.36. The fraction of sp³-hybridized carbons (Fsp3) is 0.522. The van der Waals surface area contributed by atoms with Gasteiger partial charge in [0.2, 0.25) is 0 Å². The quantitative estimate of drug-likeness (QED) is 0.829. The number of benzene rings is 1. The van der Waals surface area contributed by atoms with E-state index in [0.717, 1.165) is 62.0 Å². The Bertz CT molecular complexity index is 911. The van der Waals surface area contributed by atoms with Crippen LogP contribution in [0.15, 0.2) is 16.5 Å². The van der Waals surface area contributed by atoms with Crippen molar-refractivity contribution in [1.82, 2.24) is 0 Å². The highest BCUT2D eigenvalue weighted by atomic mass is 16.4. The van der Waals surface area contributed by atoms with Crippen LogP contribution in [0.2, 0.25) is 0 Å². The molecule has 0 saturated heterocycles. The van der Waals surface area contributed by atoms with Crippen molar-refractivity contribution in [2.45, 2.75) is 69.8 Å². The molecule has 1 saturated carbocycles. The second-order valence-corrected chi connectivity index (χ2v) is 8.83. The minimum absolute atomic E-state index is 0.165. The van der Waals surface area contributed by atoms with Gasteiger partial charge in [-0.1, -0.05) is 6.07 Å². The highest BCUT2D eigenvalue weighted by Gasteiger charge is 2.42. The summed E-state index contributed by atoms with van der Waals surface area (Å²) in [6, 6.07) is 4.17. The summed E-state index contributed by atoms with van der Waals surface area (Å²) in [5.41, 5.74) is 7.40. The first-order valence-corrected chi connectivity index (χ1v) is 10.5. The van der Waals surface area contributed by atoms with Gasteiger partial charge in [-0.3, -0.25) is 4.79 Å². The fourth-order valence-electron chi connectivity index (χ4n) is 6.02. The van der Waals surface area contributed by atoms with Crippen LogP contribution in [0, 0.1) is 5.92 Å². The highest BCUT2D eigenvalue weighted by Crippen LogP contribution is 2.52. The fourth-order valence-corrected chi connectivity index (χ4v) is 6.02. The zero-order chi connectivity index (χ0) is 18.1. The number of hydrogen-bond donors (Lipinski definition) is 2. The maximum atomic E-state index is 13.1. The summed E-state index contributed by atoms with van der Waals surface area (Å²) in [5, 5.41) is 13.8. The molecule has 3 unspecified atom stereocenters. The number of aliphatic hydroxyl groups is 1. The Labute approximate surface area is 159 Å². The molecule has 2 bridgehead atoms. The van der Waals surface area contributed by atoms with E-state index in [1.807, 2.05) is 0 Å². The normalized spacial score (nSPS) is 27.4. The van der Waals surface area contributed by atoms with Crippen molar-refractivity contribution in [3.63, 3.8) is 0 Å². The molecule has 4 aliphatic carbocycles. The molecule has 0 aliphatic heterocycles. The van der Waals surface area contributed by atoms with Crippen LogP contribution in [0.4, 0.5) is 5.69 Å². The summed E-state index contributed by atoms with van der Waals surface area (Å²) < 4.78 is 6.01. The number of nitrogens with one attached hydrogen (secondary N) is 1. The van der Waals surface area contributed by atoms with Gasteiger partial charge >= 0.3 is 0 Å². The van der Waals surface area contributed by atoms with E-state index in [0.29, 0.717) is 17.6 Å². The van der Waals surface area contributed by atoms with Gasteiger partial charge in [0.15, 0.2) is 5.76 Å². The highest BCUT2D eigenvalue weighted by molar-refractivity contribution is 6.03. The van der Waals surface area contributed by atoms with Crippen LogP contribution in [-0.2, 0) is 25.7 Å². The molecular formula is C23H25NO3. The number of anilines is 1. The second kappa shape index (κ2) is 5.71. The molecular weight excluding hydrogens is 338 g/mol. The largest absolute Gasteiger partial charge is 0.455 e. The van der Waals surface area contributed by atoms with Crippen LogP contribution >= 0.6 is 0 Å². The Morgan fingerprint density at radius 1 is 1.04 bits per heavy atom. The minimum atomic E-state index is -0.478. The molecule has 4 heteroatoms. The molecule has 2 N–H and O–H groups in total. The van der Waals surface area contributed by atoms with Crippen LogP contribution in [0.25, 0.3) is 0 Å². The molecule has 2 aromatic rings. The van der Waals surface area contributed by atoms with E-state index in [1.54, 1.807) is 6.07 Å². The number of carbonyl (C=O) groups is 1. The average Bonchev–Trinajstić information content (AvgIpc) is 3.43. The molecule has 6 rings (SSSR count). The van der Waals surface area contributed by atoms with E-state index < -0.39 is 6.10 Å². The molecule has 140 valence electrons. The van der Waals surface area contributed by atoms with E-state index in [-0.39, 0.29) is 5.91 Å². The Morgan fingerprint density at radius 2 is 1.78 bits per heavy atom. The Kier molecular flexibility index (Phi) is 3.37. The minimum Gasteiger partial charge on any atom is -0.455 e. The lowest BCUT2D eigenvalue weighted by Gasteiger charge is -2.23. The van der Waals surface area contributed by atoms with Crippen molar-refractivity contribution < 1.29 is 14.3 Å². The summed E-state index contributed by atoms with van der Waals surface area (Å²) in [4.78, 5) is 13.1. The summed E-state index contributed by atoms with van der Waals surface area (Å²) in [6.07, 6.45) is 9.31. The van der Waals surface area contributed by atoms with Gasteiger partial charge in [0.05, 0.1) is 6.10 Å². The number of carbonyl (C=O) groups excluding carboxylic acids is 1. The molecule has 3 atom stereocenters. The Morgan fingerprint density at radius 3 is 2.52 bits per heavy atom. The number of fused-ring (bicyclic) bond motifs is 6. The van der Waals surface area contributed by atoms with Gasteiger partial charge in [0.25, 0.3) is 5.91 Å². The van der Waals surface area contributed by atoms with Crippen LogP contribution in [0.3, 0.4) is 0 Å². The average molecular weight is 363 g/mol. The number of aryl methyl sites for hydroxylation is 2. The van der Waals surface area contributed by atoms with E-state index in [2.05, 4.69) is 11.4 Å². The number of rotatable bonds is 2. The van der Waals surface area contributed by atoms with Gasteiger partial charge in [-0.15, -0.1) is 0 Å². The van der Waals surface area contributed by atoms with Gasteiger partial charge in [-0.2, -0.15) is 0 Å². The lowest BCUT2D eigenvalue weighted by Crippen LogP contribution is -2.15. The standard InChI is InChI=1S/C23H25NO3/c25-21-14-7-8-15(10-14)22-18(21)11-19(27-22)23(26)24-20-16-5-1-3-12(16)9-13-4-2-6-17(13)20/h9,11,14-15,21,25H,1-8,10H2,(H,24,26). The van der Waals surface area contributed by atoms with Crippen molar-refractivity contribution in [2.75, 3.05) is 5.32 Å². The number of furan rings is 1. The summed E-state index contributed by atoms with van der Waals surface area (Å²) >= 11 is 0. The number of hydrogen-bond acceptors (Lipinski definition) is 3. The zero-order valence-electron chi connectivity index (χ0n) is 15.5. The maximum absolute atomic E-state index is 13.1. The third-order valence-electron chi connectivity index (χ3n) is 7.34. The van der Waals surface area contributed by atoms with E-state index >= 15 is 0 Å². The topological polar surface area (TPSA) is 62.5 Å². The maximum Gasteiger partial charge on any atom is 0.291 e. The third kappa shape index (κ3) is 2.29. The van der Waals surface area contributed by atoms with Crippen LogP contribution in [0.1, 0.15) is 88.3 Å². The molecule has 1 aromatic heterocycles. The summed E-state index contributed by atoms with van der Waals surface area (Å²) in [7, 11) is 0. The predicted octanol–water partition coefficient (Wildman–Crippen LogP) is 4.44. The van der Waals surface area contributed by atoms with Gasteiger partial charge in [-0.25, -0.2) is 0 Å². The van der Waals surface area contributed by atoms with Crippen molar-refractivity contribution >= 4 is 11.6 Å². The molecule has 1 heterocycles. The van der Waals surface area contributed by atoms with E-state index in [9.17, 15) is 9.90 Å². The number of aliphatic hydroxyl groups excluding tert-OH is 1. The first kappa shape index (κ1) is 15.9. The second-order valence-electron chi connectivity index (χ2n) is 8.83. The zero-order valence-corrected chi connectivity index (χ0v) is 15.5. The molecule has 1 amide bonds. The SMILES string of the molecule is O=C(Nc1c2c(cc3c1CCC3)CCC2)c1cc2c(o1)C1CCC(C1)C2O. The molecule has 0 spiro atoms. The summed E-state index contributed by atoms with van der Waals surface area (Å²) in [6.45, 7) is 0. The van der Waals surface area contributed by atoms with Crippen molar-refractivity contribution in [1.29, 1.82) is 0 Å². The van der Waals surface area contributed by atoms with Crippen LogP contribution in [-0.4, -0.2) is 11.0 Å². The number of amides is 1. The van der Waals surface area contributed by atoms with Crippen LogP contribution in [0.5, 0.6) is 0 Å². The predicted molar refractivity (Wildman–Crippen MR) is 102 cm³/mol. The first-order chi connectivity index (χ1) is 13.2. The lowest BCUT2D eigenvalue weighted by molar-refractivity contribution is 0.0977. The van der Waals surface area contributed by atoms with Crippen LogP contribution < -0.4 is 5.32 Å². The Hall–Kier alpha value is -2.07. The molecule has 1 fully saturated rings. The van der Waals surface area contributed by atoms with Crippen molar-refractivity contribution in [3.05, 3.63) is 51.5 Å². The van der Waals surface area contributed by atoms with Gasteiger partial charge in [0, 0.05) is 17.2 Å². The first-order valence-electron chi connectivity index (χ1n) is 10.5. The monoisotopic (exact) mass is 363 g/mol. The third-order valence-corrected chi connectivity index (χ3v) is 7.34. The molecule has 27 heavy (non-hydrogen) atoms. The van der Waals surface area contributed by atoms with Crippen molar-refractivity contribution in [2.24, 2.45) is 5.92 Å². The summed E-state index contributed by atoms with van der Waals surface area (Å²) in [5.74, 6) is 1.75. The molecule has 1 aromatic carbocycles. The molecule has 0 radical (unpaired) electrons. The molecule has 4 aliphatic rings.